The zero-order valence-corrected chi connectivity index (χ0v) is 16.9. The number of piperidine rings is 1. The molecule has 2 aromatic rings. The van der Waals surface area contributed by atoms with Gasteiger partial charge >= 0.3 is 0 Å². The highest BCUT2D eigenvalue weighted by molar-refractivity contribution is 7.80. The summed E-state index contributed by atoms with van der Waals surface area (Å²) in [5, 5.41) is 6.05. The Morgan fingerprint density at radius 3 is 2.85 bits per heavy atom. The summed E-state index contributed by atoms with van der Waals surface area (Å²) in [4.78, 5) is 8.37. The van der Waals surface area contributed by atoms with Crippen molar-refractivity contribution in [2.75, 3.05) is 26.2 Å². The van der Waals surface area contributed by atoms with Crippen LogP contribution in [0.15, 0.2) is 24.4 Å². The van der Waals surface area contributed by atoms with Crippen molar-refractivity contribution in [3.05, 3.63) is 35.5 Å². The third-order valence-electron chi connectivity index (χ3n) is 6.36. The SMILES string of the molecule is CCN(CC)C(=S)N[C@H]1CC2c3cccc4[nH]cc(c34)C[C@H]2N(CC)C1. The lowest BCUT2D eigenvalue weighted by molar-refractivity contribution is 0.110. The first-order valence-electron chi connectivity index (χ1n) is 10.0. The van der Waals surface area contributed by atoms with Crippen molar-refractivity contribution in [1.82, 2.24) is 20.1 Å². The molecule has 1 unspecified atom stereocenters. The molecule has 0 amide bonds. The molecule has 0 spiro atoms. The van der Waals surface area contributed by atoms with Crippen LogP contribution in [0, 0.1) is 0 Å². The van der Waals surface area contributed by atoms with Crippen molar-refractivity contribution in [2.24, 2.45) is 0 Å². The van der Waals surface area contributed by atoms with Gasteiger partial charge in [-0.2, -0.15) is 0 Å². The molecule has 1 aliphatic heterocycles. The van der Waals surface area contributed by atoms with Crippen molar-refractivity contribution in [2.45, 2.75) is 51.6 Å². The van der Waals surface area contributed by atoms with Crippen LogP contribution < -0.4 is 5.32 Å². The van der Waals surface area contributed by atoms with Crippen LogP contribution in [0.25, 0.3) is 10.9 Å². The Morgan fingerprint density at radius 1 is 1.31 bits per heavy atom. The number of nitrogens with one attached hydrogen (secondary N) is 2. The van der Waals surface area contributed by atoms with Crippen LogP contribution in [0.4, 0.5) is 0 Å². The van der Waals surface area contributed by atoms with E-state index in [0.29, 0.717) is 18.0 Å². The molecule has 1 aliphatic carbocycles. The highest BCUT2D eigenvalue weighted by Gasteiger charge is 2.40. The van der Waals surface area contributed by atoms with Gasteiger partial charge in [-0.05, 0) is 62.6 Å². The fourth-order valence-electron chi connectivity index (χ4n) is 5.04. The van der Waals surface area contributed by atoms with E-state index in [1.807, 2.05) is 0 Å². The molecule has 3 atom stereocenters. The molecule has 4 nitrogen and oxygen atoms in total. The third-order valence-corrected chi connectivity index (χ3v) is 6.74. The quantitative estimate of drug-likeness (QED) is 0.808. The molecule has 5 heteroatoms. The number of hydrogen-bond donors (Lipinski definition) is 2. The zero-order valence-electron chi connectivity index (χ0n) is 16.1. The van der Waals surface area contributed by atoms with E-state index < -0.39 is 0 Å². The van der Waals surface area contributed by atoms with Crippen molar-refractivity contribution in [3.63, 3.8) is 0 Å². The summed E-state index contributed by atoms with van der Waals surface area (Å²) >= 11 is 5.68. The summed E-state index contributed by atoms with van der Waals surface area (Å²) in [6.07, 6.45) is 4.53. The van der Waals surface area contributed by atoms with E-state index in [1.165, 1.54) is 22.0 Å². The van der Waals surface area contributed by atoms with Gasteiger partial charge in [0.05, 0.1) is 0 Å². The summed E-state index contributed by atoms with van der Waals surface area (Å²) < 4.78 is 0. The molecule has 0 bridgehead atoms. The van der Waals surface area contributed by atoms with E-state index in [0.717, 1.165) is 44.1 Å². The molecule has 1 saturated heterocycles. The maximum absolute atomic E-state index is 5.68. The maximum Gasteiger partial charge on any atom is 0.169 e. The number of thiocarbonyl (C=S) groups is 1. The number of fused-ring (bicyclic) bond motifs is 2. The van der Waals surface area contributed by atoms with E-state index >= 15 is 0 Å². The van der Waals surface area contributed by atoms with Crippen molar-refractivity contribution in [1.29, 1.82) is 0 Å². The number of aromatic amines is 1. The lowest BCUT2D eigenvalue weighted by Crippen LogP contribution is -2.57. The molecular formula is C21H30N4S. The summed E-state index contributed by atoms with van der Waals surface area (Å²) in [6.45, 7) is 10.7. The predicted molar refractivity (Wildman–Crippen MR) is 113 cm³/mol. The summed E-state index contributed by atoms with van der Waals surface area (Å²) in [5.74, 6) is 0.577. The van der Waals surface area contributed by atoms with E-state index in [4.69, 9.17) is 12.2 Å². The minimum atomic E-state index is 0.417. The van der Waals surface area contributed by atoms with Gasteiger partial charge in [-0.1, -0.05) is 19.1 Å². The van der Waals surface area contributed by atoms with Gasteiger partial charge in [-0.25, -0.2) is 0 Å². The zero-order chi connectivity index (χ0) is 18.3. The Balaban J connectivity index is 1.62. The molecule has 0 radical (unpaired) electrons. The second kappa shape index (κ2) is 7.20. The van der Waals surface area contributed by atoms with Gasteiger partial charge in [0, 0.05) is 54.7 Å². The van der Waals surface area contributed by atoms with Gasteiger partial charge in [0.15, 0.2) is 5.11 Å². The molecule has 26 heavy (non-hydrogen) atoms. The van der Waals surface area contributed by atoms with Gasteiger partial charge in [-0.3, -0.25) is 4.90 Å². The maximum atomic E-state index is 5.68. The summed E-state index contributed by atoms with van der Waals surface area (Å²) in [6, 6.07) is 7.77. The lowest BCUT2D eigenvalue weighted by atomic mass is 9.74. The number of likely N-dealkylation sites (tertiary alicyclic amines) is 1. The number of nitrogens with zero attached hydrogens (tertiary/aromatic N) is 2. The van der Waals surface area contributed by atoms with Crippen LogP contribution >= 0.6 is 12.2 Å². The van der Waals surface area contributed by atoms with Crippen molar-refractivity contribution in [3.8, 4) is 0 Å². The van der Waals surface area contributed by atoms with Gasteiger partial charge < -0.3 is 15.2 Å². The lowest BCUT2D eigenvalue weighted by Gasteiger charge is -2.47. The van der Waals surface area contributed by atoms with Gasteiger partial charge in [0.2, 0.25) is 0 Å². The third kappa shape index (κ3) is 2.91. The van der Waals surface area contributed by atoms with Crippen molar-refractivity contribution >= 4 is 28.2 Å². The van der Waals surface area contributed by atoms with Crippen LogP contribution in [0.1, 0.15) is 44.2 Å². The smallest absolute Gasteiger partial charge is 0.169 e. The number of H-pyrrole nitrogens is 1. The number of likely N-dealkylation sites (N-methyl/N-ethyl adjacent to an activating group) is 1. The van der Waals surface area contributed by atoms with E-state index in [-0.39, 0.29) is 0 Å². The first-order chi connectivity index (χ1) is 12.7. The fraction of sp³-hybridized carbons (Fsp3) is 0.571. The summed E-state index contributed by atoms with van der Waals surface area (Å²) in [5.41, 5.74) is 4.29. The minimum Gasteiger partial charge on any atom is -0.361 e. The molecule has 1 fully saturated rings. The van der Waals surface area contributed by atoms with Crippen molar-refractivity contribution < 1.29 is 0 Å². The predicted octanol–water partition coefficient (Wildman–Crippen LogP) is 3.49. The highest BCUT2D eigenvalue weighted by Crippen LogP contribution is 2.43. The molecule has 1 aromatic heterocycles. The number of rotatable bonds is 4. The summed E-state index contributed by atoms with van der Waals surface area (Å²) in [7, 11) is 0. The number of benzene rings is 1. The molecule has 4 rings (SSSR count). The number of aromatic nitrogens is 1. The molecule has 1 aromatic carbocycles. The van der Waals surface area contributed by atoms with Crippen LogP contribution in [-0.2, 0) is 6.42 Å². The normalized spacial score (nSPS) is 25.1. The largest absolute Gasteiger partial charge is 0.361 e. The van der Waals surface area contributed by atoms with E-state index in [2.05, 4.69) is 65.3 Å². The van der Waals surface area contributed by atoms with Gasteiger partial charge in [0.25, 0.3) is 0 Å². The Kier molecular flexibility index (Phi) is 4.93. The molecule has 140 valence electrons. The molecular weight excluding hydrogens is 340 g/mol. The molecule has 2 heterocycles. The van der Waals surface area contributed by atoms with E-state index in [9.17, 15) is 0 Å². The molecule has 2 aliphatic rings. The minimum absolute atomic E-state index is 0.417. The Bertz CT molecular complexity index is 794. The first kappa shape index (κ1) is 17.8. The van der Waals surface area contributed by atoms with Crippen LogP contribution in [-0.4, -0.2) is 58.2 Å². The standard InChI is InChI=1S/C21H30N4S/c1-4-24(5-2)21(26)23-15-11-17-16-8-7-9-18-20(16)14(12-22-18)10-19(17)25(6-3)13-15/h7-9,12,15,17,19,22H,4-6,10-11,13H2,1-3H3,(H,23,26)/t15-,17?,19+/m0/s1. The van der Waals surface area contributed by atoms with Gasteiger partial charge in [-0.15, -0.1) is 0 Å². The number of hydrogen-bond acceptors (Lipinski definition) is 2. The monoisotopic (exact) mass is 370 g/mol. The van der Waals surface area contributed by atoms with E-state index in [1.54, 1.807) is 0 Å². The van der Waals surface area contributed by atoms with Gasteiger partial charge in [0.1, 0.15) is 0 Å². The molecule has 0 saturated carbocycles. The Hall–Kier alpha value is -1.59. The van der Waals surface area contributed by atoms with Crippen LogP contribution in [0.3, 0.4) is 0 Å². The topological polar surface area (TPSA) is 34.3 Å². The first-order valence-corrected chi connectivity index (χ1v) is 10.4. The molecule has 2 N–H and O–H groups in total. The van der Waals surface area contributed by atoms with Crippen LogP contribution in [0.5, 0.6) is 0 Å². The average Bonchev–Trinajstić information content (AvgIpc) is 3.07. The Morgan fingerprint density at radius 2 is 2.12 bits per heavy atom. The Labute approximate surface area is 161 Å². The highest BCUT2D eigenvalue weighted by atomic mass is 32.1. The van der Waals surface area contributed by atoms with Crippen LogP contribution in [0.2, 0.25) is 0 Å². The fourth-order valence-corrected chi connectivity index (χ4v) is 5.47. The second-order valence-electron chi connectivity index (χ2n) is 7.60. The average molecular weight is 371 g/mol. The second-order valence-corrected chi connectivity index (χ2v) is 7.99.